The van der Waals surface area contributed by atoms with Crippen LogP contribution in [0.25, 0.3) is 83.6 Å². The summed E-state index contributed by atoms with van der Waals surface area (Å²) in [6.45, 7) is 0. The molecule has 0 saturated carbocycles. The predicted octanol–water partition coefficient (Wildman–Crippen LogP) is 13.4. The highest BCUT2D eigenvalue weighted by atomic mass is 16.5. The van der Waals surface area contributed by atoms with Gasteiger partial charge in [-0.15, -0.1) is 0 Å². The lowest BCUT2D eigenvalue weighted by Gasteiger charge is -2.33. The largest absolute Gasteiger partial charge is 0.456 e. The van der Waals surface area contributed by atoms with E-state index in [0.29, 0.717) is 17.5 Å². The highest BCUT2D eigenvalue weighted by Crippen LogP contribution is 2.52. The molecule has 11 aromatic rings. The standard InChI is InChI=1S/C51H31N5O2/c1-3-15-32(16-4-1)49-52-50(54-51(53-49)38-23-14-28-46-48(38)37-22-8-11-26-44(37)57-46)33-17-13-20-35(29-33)56-40-24-9-7-21-36(40)39-30-47-43(31-42(39)56)55(34-18-5-2-6-19-34)41-25-10-12-27-45(41)58-47/h1-31H. The number of furan rings is 1. The molecule has 0 saturated heterocycles. The number of ether oxygens (including phenoxy) is 1. The average molecular weight is 746 g/mol. The van der Waals surface area contributed by atoms with Gasteiger partial charge in [-0.25, -0.2) is 15.0 Å². The molecule has 1 aliphatic heterocycles. The van der Waals surface area contributed by atoms with Crippen LogP contribution in [0.5, 0.6) is 11.5 Å². The molecule has 58 heavy (non-hydrogen) atoms. The van der Waals surface area contributed by atoms with Gasteiger partial charge in [0.05, 0.1) is 22.4 Å². The molecule has 8 aromatic carbocycles. The van der Waals surface area contributed by atoms with E-state index in [4.69, 9.17) is 24.1 Å². The summed E-state index contributed by atoms with van der Waals surface area (Å²) in [4.78, 5) is 17.7. The van der Waals surface area contributed by atoms with Gasteiger partial charge in [0.2, 0.25) is 0 Å². The lowest BCUT2D eigenvalue weighted by atomic mass is 10.1. The van der Waals surface area contributed by atoms with Crippen molar-refractivity contribution < 1.29 is 9.15 Å². The van der Waals surface area contributed by atoms with Gasteiger partial charge in [-0.2, -0.15) is 0 Å². The van der Waals surface area contributed by atoms with Gasteiger partial charge in [-0.1, -0.05) is 121 Å². The summed E-state index contributed by atoms with van der Waals surface area (Å²) in [7, 11) is 0. The molecule has 0 radical (unpaired) electrons. The van der Waals surface area contributed by atoms with E-state index < -0.39 is 0 Å². The lowest BCUT2D eigenvalue weighted by molar-refractivity contribution is 0.478. The number of para-hydroxylation sites is 5. The van der Waals surface area contributed by atoms with Crippen LogP contribution in [0.4, 0.5) is 17.1 Å². The summed E-state index contributed by atoms with van der Waals surface area (Å²) in [5, 5.41) is 4.23. The quantitative estimate of drug-likeness (QED) is 0.175. The van der Waals surface area contributed by atoms with E-state index in [0.717, 1.165) is 94.7 Å². The smallest absolute Gasteiger partial charge is 0.164 e. The van der Waals surface area contributed by atoms with Crippen LogP contribution >= 0.6 is 0 Å². The molecular formula is C51H31N5O2. The van der Waals surface area contributed by atoms with Gasteiger partial charge in [0.25, 0.3) is 0 Å². The maximum Gasteiger partial charge on any atom is 0.164 e. The van der Waals surface area contributed by atoms with Crippen molar-refractivity contribution in [2.24, 2.45) is 0 Å². The fourth-order valence-electron chi connectivity index (χ4n) is 8.44. The Balaban J connectivity index is 1.07. The maximum atomic E-state index is 6.64. The Morgan fingerprint density at radius 1 is 0.397 bits per heavy atom. The monoisotopic (exact) mass is 745 g/mol. The van der Waals surface area contributed by atoms with Crippen molar-refractivity contribution in [3.05, 3.63) is 188 Å². The molecule has 0 aliphatic carbocycles. The van der Waals surface area contributed by atoms with E-state index in [1.54, 1.807) is 0 Å². The minimum absolute atomic E-state index is 0.578. The van der Waals surface area contributed by atoms with Crippen LogP contribution < -0.4 is 9.64 Å². The number of rotatable bonds is 5. The Labute approximate surface area is 332 Å². The van der Waals surface area contributed by atoms with Crippen molar-refractivity contribution in [1.82, 2.24) is 19.5 Å². The van der Waals surface area contributed by atoms with Crippen molar-refractivity contribution in [3.8, 4) is 51.3 Å². The summed E-state index contributed by atoms with van der Waals surface area (Å²) < 4.78 is 15.2. The Kier molecular flexibility index (Phi) is 7.09. The third-order valence-corrected chi connectivity index (χ3v) is 11.0. The van der Waals surface area contributed by atoms with E-state index >= 15 is 0 Å². The SMILES string of the molecule is c1ccc(-c2nc(-c3cccc(-n4c5ccccc5c5cc6c(cc54)N(c4ccccc4)c4ccccc4O6)c3)nc(-c3cccc4oc5ccccc5c34)n2)cc1. The number of fused-ring (bicyclic) bond motifs is 8. The van der Waals surface area contributed by atoms with Gasteiger partial charge >= 0.3 is 0 Å². The minimum Gasteiger partial charge on any atom is -0.456 e. The first-order valence-corrected chi connectivity index (χ1v) is 19.3. The van der Waals surface area contributed by atoms with Crippen LogP contribution in [-0.2, 0) is 0 Å². The summed E-state index contributed by atoms with van der Waals surface area (Å²) in [6.07, 6.45) is 0. The van der Waals surface area contributed by atoms with Crippen molar-refractivity contribution in [1.29, 1.82) is 0 Å². The van der Waals surface area contributed by atoms with Crippen molar-refractivity contribution in [3.63, 3.8) is 0 Å². The molecular weight excluding hydrogens is 715 g/mol. The zero-order valence-electron chi connectivity index (χ0n) is 31.0. The topological polar surface area (TPSA) is 69.2 Å². The molecule has 0 amide bonds. The molecule has 12 rings (SSSR count). The second kappa shape index (κ2) is 12.8. The first-order valence-electron chi connectivity index (χ1n) is 19.3. The number of aromatic nitrogens is 4. The van der Waals surface area contributed by atoms with E-state index in [-0.39, 0.29) is 0 Å². The van der Waals surface area contributed by atoms with Crippen LogP contribution in [0.15, 0.2) is 192 Å². The molecule has 7 heteroatoms. The van der Waals surface area contributed by atoms with Crippen molar-refractivity contribution in [2.45, 2.75) is 0 Å². The molecule has 3 aromatic heterocycles. The Hall–Kier alpha value is -8.03. The minimum atomic E-state index is 0.578. The first-order chi connectivity index (χ1) is 28.7. The molecule has 1 aliphatic rings. The Bertz CT molecular complexity index is 3390. The molecule has 4 heterocycles. The van der Waals surface area contributed by atoms with Crippen LogP contribution in [0, 0.1) is 0 Å². The molecule has 0 N–H and O–H groups in total. The molecule has 272 valence electrons. The number of benzene rings is 8. The summed E-state index contributed by atoms with van der Waals surface area (Å²) >= 11 is 0. The lowest BCUT2D eigenvalue weighted by Crippen LogP contribution is -2.15. The maximum absolute atomic E-state index is 6.64. The van der Waals surface area contributed by atoms with Crippen molar-refractivity contribution in [2.75, 3.05) is 4.90 Å². The van der Waals surface area contributed by atoms with Gasteiger partial charge in [-0.3, -0.25) is 0 Å². The number of nitrogens with zero attached hydrogens (tertiary/aromatic N) is 5. The molecule has 0 spiro atoms. The van der Waals surface area contributed by atoms with E-state index in [1.807, 2.05) is 78.9 Å². The van der Waals surface area contributed by atoms with Gasteiger partial charge in [0, 0.05) is 49.6 Å². The molecule has 0 fully saturated rings. The molecule has 7 nitrogen and oxygen atoms in total. The first kappa shape index (κ1) is 32.2. The van der Waals surface area contributed by atoms with Crippen LogP contribution in [-0.4, -0.2) is 19.5 Å². The summed E-state index contributed by atoms with van der Waals surface area (Å²) in [6, 6.07) is 64.4. The second-order valence-electron chi connectivity index (χ2n) is 14.4. The highest BCUT2D eigenvalue weighted by Gasteiger charge is 2.28. The number of hydrogen-bond acceptors (Lipinski definition) is 6. The van der Waals surface area contributed by atoms with Gasteiger partial charge in [-0.05, 0) is 66.7 Å². The van der Waals surface area contributed by atoms with Gasteiger partial charge in [0.15, 0.2) is 29.0 Å². The average Bonchev–Trinajstić information content (AvgIpc) is 3.83. The molecule has 0 bridgehead atoms. The molecule has 0 unspecified atom stereocenters. The summed E-state index contributed by atoms with van der Waals surface area (Å²) in [5.74, 6) is 3.38. The van der Waals surface area contributed by atoms with Crippen LogP contribution in [0.1, 0.15) is 0 Å². The number of hydrogen-bond donors (Lipinski definition) is 0. The van der Waals surface area contributed by atoms with Gasteiger partial charge in [0.1, 0.15) is 11.2 Å². The zero-order chi connectivity index (χ0) is 38.2. The molecule has 0 atom stereocenters. The fourth-order valence-corrected chi connectivity index (χ4v) is 8.44. The highest BCUT2D eigenvalue weighted by molar-refractivity contribution is 6.13. The summed E-state index contributed by atoms with van der Waals surface area (Å²) in [5.41, 5.74) is 10.4. The predicted molar refractivity (Wildman–Crippen MR) is 233 cm³/mol. The van der Waals surface area contributed by atoms with E-state index in [2.05, 4.69) is 119 Å². The fraction of sp³-hybridized carbons (Fsp3) is 0. The van der Waals surface area contributed by atoms with Crippen LogP contribution in [0.3, 0.4) is 0 Å². The van der Waals surface area contributed by atoms with E-state index in [1.165, 1.54) is 0 Å². The van der Waals surface area contributed by atoms with Crippen LogP contribution in [0.2, 0.25) is 0 Å². The number of anilines is 3. The third kappa shape index (κ3) is 5.04. The van der Waals surface area contributed by atoms with Crippen molar-refractivity contribution >= 4 is 60.8 Å². The third-order valence-electron chi connectivity index (χ3n) is 11.0. The Morgan fingerprint density at radius 3 is 1.93 bits per heavy atom. The second-order valence-corrected chi connectivity index (χ2v) is 14.4. The van der Waals surface area contributed by atoms with Gasteiger partial charge < -0.3 is 18.6 Å². The zero-order valence-corrected chi connectivity index (χ0v) is 31.0. The van der Waals surface area contributed by atoms with E-state index in [9.17, 15) is 0 Å². The Morgan fingerprint density at radius 2 is 1.05 bits per heavy atom. The normalized spacial score (nSPS) is 12.2.